The molecule has 1 N–H and O–H groups in total. The third kappa shape index (κ3) is 4.52. The molecule has 1 aromatic carbocycles. The van der Waals surface area contributed by atoms with Gasteiger partial charge in [0.1, 0.15) is 5.54 Å². The van der Waals surface area contributed by atoms with Crippen LogP contribution in [0.1, 0.15) is 37.7 Å². The molecule has 1 saturated carbocycles. The molecule has 0 atom stereocenters. The van der Waals surface area contributed by atoms with Crippen LogP contribution >= 0.6 is 0 Å². The normalized spacial score (nSPS) is 18.2. The maximum atomic E-state index is 12.9. The van der Waals surface area contributed by atoms with Crippen molar-refractivity contribution in [1.82, 2.24) is 20.0 Å². The van der Waals surface area contributed by atoms with Crippen LogP contribution in [0, 0.1) is 0 Å². The molecule has 28 heavy (non-hydrogen) atoms. The van der Waals surface area contributed by atoms with Crippen LogP contribution in [0.25, 0.3) is 0 Å². The van der Waals surface area contributed by atoms with Crippen LogP contribution in [-0.2, 0) is 16.1 Å². The molecule has 7 heteroatoms. The average molecular weight is 386 g/mol. The van der Waals surface area contributed by atoms with E-state index in [1.165, 1.54) is 4.90 Å². The van der Waals surface area contributed by atoms with E-state index in [0.717, 1.165) is 24.9 Å². The fourth-order valence-electron chi connectivity index (χ4n) is 3.98. The second-order valence-electron chi connectivity index (χ2n) is 8.03. The van der Waals surface area contributed by atoms with Gasteiger partial charge in [-0.25, -0.2) is 4.79 Å². The van der Waals surface area contributed by atoms with E-state index in [1.54, 1.807) is 4.90 Å². The molecule has 1 saturated heterocycles. The smallest absolute Gasteiger partial charge is 0.325 e. The number of nitrogens with zero attached hydrogens (tertiary/aromatic N) is 3. The Morgan fingerprint density at radius 3 is 2.43 bits per heavy atom. The van der Waals surface area contributed by atoms with Crippen molar-refractivity contribution in [3.05, 3.63) is 35.9 Å². The van der Waals surface area contributed by atoms with Gasteiger partial charge in [-0.3, -0.25) is 14.5 Å². The fourth-order valence-corrected chi connectivity index (χ4v) is 3.98. The van der Waals surface area contributed by atoms with Crippen molar-refractivity contribution >= 4 is 17.8 Å². The van der Waals surface area contributed by atoms with E-state index >= 15 is 0 Å². The predicted molar refractivity (Wildman–Crippen MR) is 106 cm³/mol. The van der Waals surface area contributed by atoms with Crippen molar-refractivity contribution in [3.8, 4) is 0 Å². The summed E-state index contributed by atoms with van der Waals surface area (Å²) in [4.78, 5) is 43.0. The Morgan fingerprint density at radius 2 is 1.79 bits per heavy atom. The molecule has 3 rings (SSSR count). The molecule has 2 fully saturated rings. The molecule has 0 unspecified atom stereocenters. The van der Waals surface area contributed by atoms with Crippen molar-refractivity contribution in [1.29, 1.82) is 0 Å². The monoisotopic (exact) mass is 386 g/mol. The van der Waals surface area contributed by atoms with E-state index in [4.69, 9.17) is 0 Å². The maximum absolute atomic E-state index is 12.9. The van der Waals surface area contributed by atoms with Crippen molar-refractivity contribution in [2.75, 3.05) is 33.7 Å². The zero-order chi connectivity index (χ0) is 20.1. The molecule has 0 aromatic heterocycles. The Labute approximate surface area is 166 Å². The summed E-state index contributed by atoms with van der Waals surface area (Å²) in [5.74, 6) is -0.204. The summed E-state index contributed by atoms with van der Waals surface area (Å²) in [5.41, 5.74) is 0.351. The topological polar surface area (TPSA) is 73.0 Å². The Kier molecular flexibility index (Phi) is 6.34. The molecule has 152 valence electrons. The summed E-state index contributed by atoms with van der Waals surface area (Å²) >= 11 is 0. The number of hydrogen-bond acceptors (Lipinski definition) is 4. The van der Waals surface area contributed by atoms with Crippen LogP contribution in [0.2, 0.25) is 0 Å². The maximum Gasteiger partial charge on any atom is 0.325 e. The predicted octanol–water partition coefficient (Wildman–Crippen LogP) is 1.83. The standard InChI is InChI=1S/C21H30N4O3/c1-23(2)14-15-24(16-17-8-4-3-5-9-17)18(26)10-13-25-19(27)21(22-20(25)28)11-6-7-12-21/h3-5,8-9H,6-7,10-16H2,1-2H3,(H,22,28). The van der Waals surface area contributed by atoms with E-state index < -0.39 is 5.54 Å². The molecule has 1 aliphatic heterocycles. The van der Waals surface area contributed by atoms with Crippen molar-refractivity contribution in [2.24, 2.45) is 0 Å². The third-order valence-electron chi connectivity index (χ3n) is 5.64. The lowest BCUT2D eigenvalue weighted by molar-refractivity contribution is -0.134. The number of urea groups is 1. The van der Waals surface area contributed by atoms with E-state index in [9.17, 15) is 14.4 Å². The van der Waals surface area contributed by atoms with Gasteiger partial charge >= 0.3 is 6.03 Å². The highest BCUT2D eigenvalue weighted by molar-refractivity contribution is 6.07. The van der Waals surface area contributed by atoms with E-state index in [2.05, 4.69) is 5.32 Å². The summed E-state index contributed by atoms with van der Waals surface area (Å²) in [5, 5.41) is 2.87. The number of likely N-dealkylation sites (N-methyl/N-ethyl adjacent to an activating group) is 1. The van der Waals surface area contributed by atoms with Gasteiger partial charge in [-0.1, -0.05) is 43.2 Å². The highest BCUT2D eigenvalue weighted by atomic mass is 16.2. The first-order valence-electron chi connectivity index (χ1n) is 10.0. The summed E-state index contributed by atoms with van der Waals surface area (Å²) < 4.78 is 0. The molecule has 4 amide bonds. The zero-order valence-electron chi connectivity index (χ0n) is 16.8. The molecule has 0 bridgehead atoms. The van der Waals surface area contributed by atoms with Crippen LogP contribution in [0.15, 0.2) is 30.3 Å². The molecular weight excluding hydrogens is 356 g/mol. The van der Waals surface area contributed by atoms with Crippen LogP contribution in [0.5, 0.6) is 0 Å². The number of rotatable bonds is 8. The summed E-state index contributed by atoms with van der Waals surface area (Å²) in [6.45, 7) is 2.02. The minimum absolute atomic E-state index is 0.0429. The first-order valence-corrected chi connectivity index (χ1v) is 10.0. The number of hydrogen-bond donors (Lipinski definition) is 1. The lowest BCUT2D eigenvalue weighted by Gasteiger charge is -2.25. The van der Waals surface area contributed by atoms with Crippen LogP contribution in [0.4, 0.5) is 4.79 Å². The van der Waals surface area contributed by atoms with Gasteiger partial charge in [0.25, 0.3) is 5.91 Å². The lowest BCUT2D eigenvalue weighted by atomic mass is 9.98. The number of imide groups is 1. The van der Waals surface area contributed by atoms with Crippen LogP contribution in [-0.4, -0.2) is 71.8 Å². The SMILES string of the molecule is CN(C)CCN(Cc1ccccc1)C(=O)CCN1C(=O)NC2(CCCC2)C1=O. The highest BCUT2D eigenvalue weighted by Crippen LogP contribution is 2.35. The third-order valence-corrected chi connectivity index (χ3v) is 5.64. The van der Waals surface area contributed by atoms with Crippen molar-refractivity contribution in [2.45, 2.75) is 44.2 Å². The molecular formula is C21H30N4O3. The molecule has 1 aromatic rings. The van der Waals surface area contributed by atoms with Gasteiger partial charge in [-0.05, 0) is 32.5 Å². The van der Waals surface area contributed by atoms with Gasteiger partial charge in [0.15, 0.2) is 0 Å². The molecule has 2 aliphatic rings. The van der Waals surface area contributed by atoms with E-state index in [0.29, 0.717) is 25.9 Å². The van der Waals surface area contributed by atoms with Crippen molar-refractivity contribution < 1.29 is 14.4 Å². The first kappa shape index (κ1) is 20.3. The highest BCUT2D eigenvalue weighted by Gasteiger charge is 2.52. The number of nitrogens with one attached hydrogen (secondary N) is 1. The zero-order valence-corrected chi connectivity index (χ0v) is 16.8. The van der Waals surface area contributed by atoms with Gasteiger partial charge in [0.2, 0.25) is 5.91 Å². The van der Waals surface area contributed by atoms with Gasteiger partial charge < -0.3 is 15.1 Å². The number of amides is 4. The quantitative estimate of drug-likeness (QED) is 0.692. The van der Waals surface area contributed by atoms with E-state index in [-0.39, 0.29) is 30.8 Å². The fraction of sp³-hybridized carbons (Fsp3) is 0.571. The molecule has 1 spiro atoms. The summed E-state index contributed by atoms with van der Waals surface area (Å²) in [6, 6.07) is 9.50. The number of benzene rings is 1. The molecule has 1 aliphatic carbocycles. The summed E-state index contributed by atoms with van der Waals surface area (Å²) in [6.07, 6.45) is 3.45. The van der Waals surface area contributed by atoms with E-state index in [1.807, 2.05) is 49.3 Å². The van der Waals surface area contributed by atoms with Crippen molar-refractivity contribution in [3.63, 3.8) is 0 Å². The van der Waals surface area contributed by atoms with Gasteiger partial charge in [-0.2, -0.15) is 0 Å². The van der Waals surface area contributed by atoms with Crippen LogP contribution in [0.3, 0.4) is 0 Å². The second kappa shape index (κ2) is 8.73. The molecule has 0 radical (unpaired) electrons. The average Bonchev–Trinajstić information content (AvgIpc) is 3.23. The Balaban J connectivity index is 1.61. The number of carbonyl (C=O) groups excluding carboxylic acids is 3. The van der Waals surface area contributed by atoms with Gasteiger partial charge in [-0.15, -0.1) is 0 Å². The first-order chi connectivity index (χ1) is 13.4. The minimum atomic E-state index is -0.714. The summed E-state index contributed by atoms with van der Waals surface area (Å²) in [7, 11) is 3.94. The van der Waals surface area contributed by atoms with Gasteiger partial charge in [0.05, 0.1) is 0 Å². The van der Waals surface area contributed by atoms with Gasteiger partial charge in [0, 0.05) is 32.6 Å². The largest absolute Gasteiger partial charge is 0.337 e. The van der Waals surface area contributed by atoms with Crippen LogP contribution < -0.4 is 5.32 Å². The minimum Gasteiger partial charge on any atom is -0.337 e. The Hall–Kier alpha value is -2.41. The Morgan fingerprint density at radius 1 is 1.11 bits per heavy atom. The lowest BCUT2D eigenvalue weighted by Crippen LogP contribution is -2.44. The Bertz CT molecular complexity index is 714. The second-order valence-corrected chi connectivity index (χ2v) is 8.03. The number of carbonyl (C=O) groups is 3. The molecule has 1 heterocycles. The molecule has 7 nitrogen and oxygen atoms in total.